The van der Waals surface area contributed by atoms with Gasteiger partial charge < -0.3 is 9.42 Å². The van der Waals surface area contributed by atoms with E-state index in [1.54, 1.807) is 0 Å². The molecule has 2 aromatic rings. The van der Waals surface area contributed by atoms with Crippen LogP contribution in [-0.4, -0.2) is 61.0 Å². The number of Topliss-reactive ketones (excluding diaryl/α,β-unsaturated/α-hetero) is 1. The average molecular weight is 460 g/mol. The van der Waals surface area contributed by atoms with E-state index in [1.165, 1.54) is 45.3 Å². The van der Waals surface area contributed by atoms with Crippen LogP contribution in [0.1, 0.15) is 18.2 Å². The molecule has 0 bridgehead atoms. The molecule has 0 aliphatic rings. The molecular weight excluding hydrogens is 439 g/mol. The number of hydroxylamine groups is 2. The first kappa shape index (κ1) is 24.4. The van der Waals surface area contributed by atoms with Crippen LogP contribution in [0.4, 0.5) is 13.2 Å². The van der Waals surface area contributed by atoms with Crippen LogP contribution in [0.25, 0.3) is 16.8 Å². The molecule has 0 radical (unpaired) electrons. The van der Waals surface area contributed by atoms with E-state index in [1.807, 2.05) is 0 Å². The van der Waals surface area contributed by atoms with Gasteiger partial charge >= 0.3 is 5.92 Å². The first-order chi connectivity index (χ1) is 14.4. The number of aromatic nitrogens is 1. The molecule has 0 aliphatic heterocycles. The highest BCUT2D eigenvalue weighted by molar-refractivity contribution is 6.33. The number of carbonyl (C=O) groups is 2. The SMILES string of the molecule is CON(C)C(=O)Cc1c(-c2c(F)cccc2Cl)noc1/C(=C\N(C)C)C(=O)C(C)(F)F. The van der Waals surface area contributed by atoms with Crippen molar-refractivity contribution in [2.24, 2.45) is 0 Å². The summed E-state index contributed by atoms with van der Waals surface area (Å²) in [6.07, 6.45) is 0.623. The number of carbonyl (C=O) groups excluding carboxylic acids is 2. The first-order valence-electron chi connectivity index (χ1n) is 8.93. The molecular formula is C20H21ClF3N3O4. The predicted octanol–water partition coefficient (Wildman–Crippen LogP) is 3.82. The summed E-state index contributed by atoms with van der Waals surface area (Å²) in [6, 6.07) is 3.87. The van der Waals surface area contributed by atoms with E-state index in [4.69, 9.17) is 21.0 Å². The minimum atomic E-state index is -3.74. The highest BCUT2D eigenvalue weighted by atomic mass is 35.5. The number of halogens is 4. The van der Waals surface area contributed by atoms with Crippen molar-refractivity contribution in [3.05, 3.63) is 46.6 Å². The summed E-state index contributed by atoms with van der Waals surface area (Å²) in [4.78, 5) is 31.2. The minimum Gasteiger partial charge on any atom is -0.383 e. The predicted molar refractivity (Wildman–Crippen MR) is 108 cm³/mol. The van der Waals surface area contributed by atoms with Gasteiger partial charge in [-0.2, -0.15) is 8.78 Å². The van der Waals surface area contributed by atoms with Gasteiger partial charge in [0.25, 0.3) is 0 Å². The van der Waals surface area contributed by atoms with Crippen molar-refractivity contribution in [2.75, 3.05) is 28.3 Å². The van der Waals surface area contributed by atoms with Crippen molar-refractivity contribution in [3.63, 3.8) is 0 Å². The van der Waals surface area contributed by atoms with E-state index >= 15 is 0 Å². The Morgan fingerprint density at radius 3 is 2.45 bits per heavy atom. The summed E-state index contributed by atoms with van der Waals surface area (Å²) < 4.78 is 47.5. The molecule has 0 N–H and O–H groups in total. The lowest BCUT2D eigenvalue weighted by atomic mass is 9.96. The van der Waals surface area contributed by atoms with Gasteiger partial charge in [0.2, 0.25) is 11.7 Å². The lowest BCUT2D eigenvalue weighted by Gasteiger charge is -2.16. The highest BCUT2D eigenvalue weighted by Crippen LogP contribution is 2.37. The van der Waals surface area contributed by atoms with Crippen LogP contribution in [0.2, 0.25) is 5.02 Å². The van der Waals surface area contributed by atoms with Crippen LogP contribution in [0, 0.1) is 5.82 Å². The van der Waals surface area contributed by atoms with Gasteiger partial charge in [-0.3, -0.25) is 14.4 Å². The van der Waals surface area contributed by atoms with Crippen LogP contribution in [-0.2, 0) is 20.8 Å². The van der Waals surface area contributed by atoms with Gasteiger partial charge in [-0.15, -0.1) is 0 Å². The molecule has 0 saturated heterocycles. The van der Waals surface area contributed by atoms with Gasteiger partial charge in [-0.25, -0.2) is 9.45 Å². The molecule has 0 unspecified atom stereocenters. The molecule has 1 aromatic heterocycles. The number of hydrogen-bond acceptors (Lipinski definition) is 6. The van der Waals surface area contributed by atoms with Crippen molar-refractivity contribution < 1.29 is 32.1 Å². The Hall–Kier alpha value is -2.85. The van der Waals surface area contributed by atoms with Gasteiger partial charge in [0, 0.05) is 39.8 Å². The van der Waals surface area contributed by atoms with Crippen LogP contribution >= 0.6 is 11.6 Å². The Kier molecular flexibility index (Phi) is 7.50. The number of benzene rings is 1. The smallest absolute Gasteiger partial charge is 0.307 e. The van der Waals surface area contributed by atoms with Crippen molar-refractivity contribution in [1.82, 2.24) is 15.1 Å². The van der Waals surface area contributed by atoms with E-state index in [9.17, 15) is 22.8 Å². The summed E-state index contributed by atoms with van der Waals surface area (Å²) in [6.45, 7) is 0.438. The summed E-state index contributed by atoms with van der Waals surface area (Å²) in [7, 11) is 5.60. The Balaban J connectivity index is 2.79. The van der Waals surface area contributed by atoms with E-state index in [2.05, 4.69) is 5.16 Å². The lowest BCUT2D eigenvalue weighted by Crippen LogP contribution is -2.29. The quantitative estimate of drug-likeness (QED) is 0.441. The Morgan fingerprint density at radius 2 is 1.94 bits per heavy atom. The molecule has 0 aliphatic carbocycles. The molecule has 0 spiro atoms. The molecule has 0 atom stereocenters. The number of amides is 1. The maximum Gasteiger partial charge on any atom is 0.307 e. The summed E-state index contributed by atoms with van der Waals surface area (Å²) >= 11 is 6.12. The molecule has 1 aromatic carbocycles. The van der Waals surface area contributed by atoms with Crippen LogP contribution in [0.3, 0.4) is 0 Å². The number of likely N-dealkylation sites (N-methyl/N-ethyl adjacent to an activating group) is 1. The maximum atomic E-state index is 14.6. The second-order valence-electron chi connectivity index (χ2n) is 6.91. The standard InChI is InChI=1S/C20H21ClF3N3O4/c1-20(23,24)19(29)12(10-26(2)3)18-11(9-15(28)27(4)30-5)17(25-31-18)16-13(21)7-6-8-14(16)22/h6-8,10H,9H2,1-5H3/b12-10+. The zero-order chi connectivity index (χ0) is 23.5. The summed E-state index contributed by atoms with van der Waals surface area (Å²) in [5.74, 6) is -7.09. The number of rotatable bonds is 8. The van der Waals surface area contributed by atoms with Crippen LogP contribution in [0.5, 0.6) is 0 Å². The fourth-order valence-corrected chi connectivity index (χ4v) is 2.94. The molecule has 2 rings (SSSR count). The molecule has 168 valence electrons. The van der Waals surface area contributed by atoms with Gasteiger partial charge in [0.1, 0.15) is 11.5 Å². The second kappa shape index (κ2) is 9.52. The second-order valence-corrected chi connectivity index (χ2v) is 7.32. The lowest BCUT2D eigenvalue weighted by molar-refractivity contribution is -0.167. The largest absolute Gasteiger partial charge is 0.383 e. The Morgan fingerprint density at radius 1 is 1.29 bits per heavy atom. The third kappa shape index (κ3) is 5.45. The molecule has 1 amide bonds. The number of ketones is 1. The number of allylic oxidation sites excluding steroid dienone is 1. The van der Waals surface area contributed by atoms with E-state index in [0.29, 0.717) is 6.92 Å². The summed E-state index contributed by atoms with van der Waals surface area (Å²) in [5, 5.41) is 4.61. The molecule has 1 heterocycles. The van der Waals surface area contributed by atoms with Crippen molar-refractivity contribution in [2.45, 2.75) is 19.3 Å². The minimum absolute atomic E-state index is 0.0427. The van der Waals surface area contributed by atoms with Gasteiger partial charge in [0.15, 0.2) is 5.76 Å². The third-order valence-corrected chi connectivity index (χ3v) is 4.53. The zero-order valence-electron chi connectivity index (χ0n) is 17.5. The average Bonchev–Trinajstić information content (AvgIpc) is 3.06. The topological polar surface area (TPSA) is 75.9 Å². The van der Waals surface area contributed by atoms with Crippen molar-refractivity contribution in [3.8, 4) is 11.3 Å². The Bertz CT molecular complexity index is 995. The fraction of sp³-hybridized carbons (Fsp3) is 0.350. The number of nitrogens with zero attached hydrogens (tertiary/aromatic N) is 3. The molecule has 11 heteroatoms. The molecule has 0 saturated carbocycles. The van der Waals surface area contributed by atoms with Gasteiger partial charge in [0.05, 0.1) is 29.7 Å². The van der Waals surface area contributed by atoms with Crippen LogP contribution < -0.4 is 0 Å². The highest BCUT2D eigenvalue weighted by Gasteiger charge is 2.39. The number of alkyl halides is 2. The van der Waals surface area contributed by atoms with Gasteiger partial charge in [-0.1, -0.05) is 22.8 Å². The van der Waals surface area contributed by atoms with Gasteiger partial charge in [-0.05, 0) is 12.1 Å². The monoisotopic (exact) mass is 459 g/mol. The molecule has 31 heavy (non-hydrogen) atoms. The number of hydrogen-bond donors (Lipinski definition) is 0. The molecule has 0 fully saturated rings. The zero-order valence-corrected chi connectivity index (χ0v) is 18.3. The molecule has 7 nitrogen and oxygen atoms in total. The van der Waals surface area contributed by atoms with Crippen LogP contribution in [0.15, 0.2) is 28.9 Å². The summed E-state index contributed by atoms with van der Waals surface area (Å²) in [5.41, 5.74) is -1.01. The third-order valence-electron chi connectivity index (χ3n) is 4.22. The van der Waals surface area contributed by atoms with E-state index < -0.39 is 41.2 Å². The first-order valence-corrected chi connectivity index (χ1v) is 9.31. The van der Waals surface area contributed by atoms with E-state index in [0.717, 1.165) is 17.3 Å². The maximum absolute atomic E-state index is 14.6. The Labute approximate surface area is 181 Å². The van der Waals surface area contributed by atoms with E-state index in [-0.39, 0.29) is 21.8 Å². The fourth-order valence-electron chi connectivity index (χ4n) is 2.68. The van der Waals surface area contributed by atoms with Crippen molar-refractivity contribution >= 4 is 28.9 Å². The normalized spacial score (nSPS) is 12.1. The van der Waals surface area contributed by atoms with Crippen molar-refractivity contribution in [1.29, 1.82) is 0 Å².